The molecule has 4 rings (SSSR count). The van der Waals surface area contributed by atoms with Gasteiger partial charge in [-0.05, 0) is 25.3 Å². The van der Waals surface area contributed by atoms with Crippen LogP contribution >= 0.6 is 0 Å². The second-order valence-electron chi connectivity index (χ2n) is 9.91. The van der Waals surface area contributed by atoms with E-state index in [1.165, 1.54) is 0 Å². The van der Waals surface area contributed by atoms with Crippen LogP contribution in [0.1, 0.15) is 50.9 Å². The number of aromatic nitrogens is 2. The summed E-state index contributed by atoms with van der Waals surface area (Å²) in [6.07, 6.45) is -1.11. The van der Waals surface area contributed by atoms with Crippen molar-refractivity contribution in [1.82, 2.24) is 14.9 Å². The molecule has 0 unspecified atom stereocenters. The molecule has 1 aliphatic heterocycles. The Bertz CT molecular complexity index is 1210. The molecule has 3 aromatic rings. The largest absolute Gasteiger partial charge is 0.451 e. The van der Waals surface area contributed by atoms with Crippen molar-refractivity contribution in [1.29, 1.82) is 0 Å². The van der Waals surface area contributed by atoms with Gasteiger partial charge < -0.3 is 9.80 Å². The zero-order valence-corrected chi connectivity index (χ0v) is 22.3. The molecule has 1 amide bonds. The smallest absolute Gasteiger partial charge is 0.352 e. The van der Waals surface area contributed by atoms with Gasteiger partial charge in [-0.25, -0.2) is 9.97 Å². The molecule has 0 N–H and O–H groups in total. The lowest BCUT2D eigenvalue weighted by Gasteiger charge is -2.38. The van der Waals surface area contributed by atoms with Gasteiger partial charge in [-0.15, -0.1) is 0 Å². The van der Waals surface area contributed by atoms with E-state index >= 15 is 0 Å². The Morgan fingerprint density at radius 1 is 0.868 bits per heavy atom. The van der Waals surface area contributed by atoms with Crippen LogP contribution in [0.25, 0.3) is 22.4 Å². The molecule has 5 nitrogen and oxygen atoms in total. The lowest BCUT2D eigenvalue weighted by atomic mass is 9.96. The summed E-state index contributed by atoms with van der Waals surface area (Å²) in [7, 11) is 0. The molecule has 0 bridgehead atoms. The Morgan fingerprint density at radius 3 is 2.03 bits per heavy atom. The fourth-order valence-corrected chi connectivity index (χ4v) is 5.08. The molecule has 202 valence electrons. The number of anilines is 1. The normalized spacial score (nSPS) is 14.3. The summed E-state index contributed by atoms with van der Waals surface area (Å²) < 4.78 is 42.1. The third-order valence-electron chi connectivity index (χ3n) is 7.05. The highest BCUT2D eigenvalue weighted by Gasteiger charge is 2.38. The Hall–Kier alpha value is -3.42. The number of hydrogen-bond acceptors (Lipinski definition) is 4. The highest BCUT2D eigenvalue weighted by Crippen LogP contribution is 2.40. The Morgan fingerprint density at radius 2 is 1.47 bits per heavy atom. The van der Waals surface area contributed by atoms with Gasteiger partial charge in [0.2, 0.25) is 11.7 Å². The molecule has 38 heavy (non-hydrogen) atoms. The van der Waals surface area contributed by atoms with Gasteiger partial charge in [0, 0.05) is 37.7 Å². The average Bonchev–Trinajstić information content (AvgIpc) is 2.92. The fourth-order valence-electron chi connectivity index (χ4n) is 5.08. The summed E-state index contributed by atoms with van der Waals surface area (Å²) in [4.78, 5) is 25.1. The number of rotatable bonds is 8. The molecule has 0 spiro atoms. The summed E-state index contributed by atoms with van der Waals surface area (Å²) >= 11 is 0. The van der Waals surface area contributed by atoms with Crippen LogP contribution in [-0.2, 0) is 11.0 Å². The van der Waals surface area contributed by atoms with Crippen molar-refractivity contribution in [3.8, 4) is 22.4 Å². The van der Waals surface area contributed by atoms with E-state index in [0.717, 1.165) is 36.8 Å². The molecule has 2 aromatic carbocycles. The van der Waals surface area contributed by atoms with Gasteiger partial charge in [-0.1, -0.05) is 86.8 Å². The predicted molar refractivity (Wildman–Crippen MR) is 145 cm³/mol. The topological polar surface area (TPSA) is 49.3 Å². The minimum atomic E-state index is -4.70. The van der Waals surface area contributed by atoms with Crippen molar-refractivity contribution in [2.75, 3.05) is 31.1 Å². The van der Waals surface area contributed by atoms with Gasteiger partial charge in [0.05, 0.1) is 11.3 Å². The number of hydrogen-bond donors (Lipinski definition) is 0. The maximum absolute atomic E-state index is 14.0. The van der Waals surface area contributed by atoms with Crippen molar-refractivity contribution in [2.24, 2.45) is 5.92 Å². The first kappa shape index (κ1) is 27.6. The summed E-state index contributed by atoms with van der Waals surface area (Å²) in [5.74, 6) is -0.761. The number of carbonyl (C=O) groups excluding carboxylic acids is 1. The molecule has 0 atom stereocenters. The number of benzene rings is 2. The second-order valence-corrected chi connectivity index (χ2v) is 9.91. The van der Waals surface area contributed by atoms with Crippen molar-refractivity contribution in [2.45, 2.75) is 52.6 Å². The monoisotopic (exact) mass is 524 g/mol. The molecule has 8 heteroatoms. The van der Waals surface area contributed by atoms with Gasteiger partial charge in [0.1, 0.15) is 5.82 Å². The first-order valence-corrected chi connectivity index (χ1v) is 13.4. The second kappa shape index (κ2) is 12.0. The van der Waals surface area contributed by atoms with Gasteiger partial charge in [-0.2, -0.15) is 13.2 Å². The average molecular weight is 525 g/mol. The van der Waals surface area contributed by atoms with Crippen molar-refractivity contribution < 1.29 is 18.0 Å². The predicted octanol–water partition coefficient (Wildman–Crippen LogP) is 7.00. The van der Waals surface area contributed by atoms with Crippen molar-refractivity contribution in [3.63, 3.8) is 0 Å². The molecule has 0 saturated carbocycles. The number of amides is 1. The number of nitrogens with zero attached hydrogens (tertiary/aromatic N) is 4. The van der Waals surface area contributed by atoms with E-state index in [9.17, 15) is 18.0 Å². The number of alkyl halides is 3. The van der Waals surface area contributed by atoms with Gasteiger partial charge >= 0.3 is 6.18 Å². The number of piperazine rings is 1. The summed E-state index contributed by atoms with van der Waals surface area (Å²) in [5, 5.41) is 0. The zero-order valence-electron chi connectivity index (χ0n) is 22.3. The van der Waals surface area contributed by atoms with Crippen molar-refractivity contribution in [3.05, 3.63) is 66.0 Å². The SMILES string of the molecule is CCCC(CCC)C(=O)N1CCN(c2nc(C(F)(F)F)nc(-c3ccc(C)cc3)c2-c2ccccc2)CC1. The molecule has 1 fully saturated rings. The van der Waals surface area contributed by atoms with Gasteiger partial charge in [-0.3, -0.25) is 4.79 Å². The van der Waals surface area contributed by atoms with E-state index in [0.29, 0.717) is 37.3 Å². The fraction of sp³-hybridized carbons (Fsp3) is 0.433. The third-order valence-corrected chi connectivity index (χ3v) is 7.05. The molecule has 1 aromatic heterocycles. The zero-order chi connectivity index (χ0) is 27.3. The molecule has 0 radical (unpaired) electrons. The van der Waals surface area contributed by atoms with Gasteiger partial charge in [0.25, 0.3) is 0 Å². The highest BCUT2D eigenvalue weighted by molar-refractivity contribution is 5.89. The summed E-state index contributed by atoms with van der Waals surface area (Å²) in [6, 6.07) is 16.6. The van der Waals surface area contributed by atoms with E-state index in [1.54, 1.807) is 12.1 Å². The van der Waals surface area contributed by atoms with E-state index in [4.69, 9.17) is 0 Å². The quantitative estimate of drug-likeness (QED) is 0.318. The molecular formula is C30H35F3N4O. The summed E-state index contributed by atoms with van der Waals surface area (Å²) in [5.41, 5.74) is 3.16. The Balaban J connectivity index is 1.76. The van der Waals surface area contributed by atoms with E-state index in [1.807, 2.05) is 59.2 Å². The van der Waals surface area contributed by atoms with Gasteiger partial charge in [0.15, 0.2) is 0 Å². The lowest BCUT2D eigenvalue weighted by molar-refractivity contribution is -0.144. The summed E-state index contributed by atoms with van der Waals surface area (Å²) in [6.45, 7) is 7.79. The maximum Gasteiger partial charge on any atom is 0.451 e. The van der Waals surface area contributed by atoms with E-state index in [-0.39, 0.29) is 23.3 Å². The number of carbonyl (C=O) groups is 1. The van der Waals surface area contributed by atoms with Crippen LogP contribution in [0.4, 0.5) is 19.0 Å². The van der Waals surface area contributed by atoms with Crippen LogP contribution in [0.3, 0.4) is 0 Å². The minimum absolute atomic E-state index is 0.000419. The first-order chi connectivity index (χ1) is 18.2. The van der Waals surface area contributed by atoms with Crippen LogP contribution in [0.2, 0.25) is 0 Å². The highest BCUT2D eigenvalue weighted by atomic mass is 19.4. The first-order valence-electron chi connectivity index (χ1n) is 13.4. The minimum Gasteiger partial charge on any atom is -0.352 e. The molecular weight excluding hydrogens is 489 g/mol. The molecule has 2 heterocycles. The van der Waals surface area contributed by atoms with E-state index in [2.05, 4.69) is 23.8 Å². The number of halogens is 3. The maximum atomic E-state index is 14.0. The van der Waals surface area contributed by atoms with Crippen LogP contribution in [0.5, 0.6) is 0 Å². The van der Waals surface area contributed by atoms with Crippen LogP contribution in [0, 0.1) is 12.8 Å². The Labute approximate surface area is 222 Å². The third kappa shape index (κ3) is 6.17. The van der Waals surface area contributed by atoms with Crippen LogP contribution < -0.4 is 4.90 Å². The van der Waals surface area contributed by atoms with Crippen LogP contribution in [0.15, 0.2) is 54.6 Å². The molecule has 1 aliphatic rings. The molecule has 1 saturated heterocycles. The lowest BCUT2D eigenvalue weighted by Crippen LogP contribution is -2.51. The standard InChI is InChI=1S/C30H35F3N4O/c1-4-9-24(10-5-2)28(38)37-19-17-36(18-20-37)27-25(22-11-7-6-8-12-22)26(23-15-13-21(3)14-16-23)34-29(35-27)30(31,32)33/h6-8,11-16,24H,4-5,9-10,17-20H2,1-3H3. The Kier molecular flexibility index (Phi) is 8.69. The van der Waals surface area contributed by atoms with E-state index < -0.39 is 12.0 Å². The number of aryl methyl sites for hydroxylation is 1. The van der Waals surface area contributed by atoms with Crippen molar-refractivity contribution >= 4 is 11.7 Å². The molecule has 0 aliphatic carbocycles. The van der Waals surface area contributed by atoms with Crippen LogP contribution in [-0.4, -0.2) is 47.0 Å².